The molecule has 0 heterocycles. The second-order valence-electron chi connectivity index (χ2n) is 16.9. The first kappa shape index (κ1) is 52.4. The lowest BCUT2D eigenvalue weighted by atomic mass is 10.0. The topological polar surface area (TPSA) is 78.9 Å². The zero-order valence-corrected chi connectivity index (χ0v) is 36.7. The number of esters is 3. The van der Waals surface area contributed by atoms with Gasteiger partial charge >= 0.3 is 17.9 Å². The van der Waals surface area contributed by atoms with E-state index in [1.807, 2.05) is 0 Å². The molecule has 0 aromatic rings. The van der Waals surface area contributed by atoms with Crippen molar-refractivity contribution < 1.29 is 28.6 Å². The van der Waals surface area contributed by atoms with Crippen LogP contribution in [0.25, 0.3) is 0 Å². The third-order valence-corrected chi connectivity index (χ3v) is 10.8. The van der Waals surface area contributed by atoms with Gasteiger partial charge in [-0.2, -0.15) is 0 Å². The van der Waals surface area contributed by atoms with Crippen LogP contribution in [0.15, 0.2) is 0 Å². The molecular weight excluding hydrogens is 673 g/mol. The first-order valence-corrected chi connectivity index (χ1v) is 23.9. The lowest BCUT2D eigenvalue weighted by Crippen LogP contribution is -2.30. The van der Waals surface area contributed by atoms with Gasteiger partial charge in [-0.25, -0.2) is 0 Å². The lowest BCUT2D eigenvalue weighted by molar-refractivity contribution is -0.167. The normalized spacial score (nSPS) is 11.9. The summed E-state index contributed by atoms with van der Waals surface area (Å²) in [5.74, 6) is -0.0152. The fraction of sp³-hybridized carbons (Fsp3) is 0.938. The number of carbonyl (C=O) groups excluding carboxylic acids is 3. The molecule has 0 radical (unpaired) electrons. The summed E-state index contributed by atoms with van der Waals surface area (Å²) >= 11 is 0. The van der Waals surface area contributed by atoms with E-state index in [0.717, 1.165) is 70.1 Å². The quantitative estimate of drug-likeness (QED) is 0.0349. The Morgan fingerprint density at radius 2 is 0.611 bits per heavy atom. The minimum Gasteiger partial charge on any atom is -0.462 e. The molecule has 1 atom stereocenters. The average Bonchev–Trinajstić information content (AvgIpc) is 3.15. The Morgan fingerprint density at radius 3 is 0.907 bits per heavy atom. The SMILES string of the molecule is CCCCCCCCCCCCCCCC(=O)O[C@H](COC(=O)CCCCCCC)COC(=O)CCCCCCCCCCCCCCCCCC(C)C. The van der Waals surface area contributed by atoms with Crippen molar-refractivity contribution in [1.82, 2.24) is 0 Å². The molecule has 0 spiro atoms. The molecular formula is C48H92O6. The fourth-order valence-corrected chi connectivity index (χ4v) is 7.16. The molecule has 0 fully saturated rings. The summed E-state index contributed by atoms with van der Waals surface area (Å²) < 4.78 is 16.6. The molecule has 0 aliphatic rings. The molecule has 0 aromatic carbocycles. The van der Waals surface area contributed by atoms with Crippen molar-refractivity contribution in [3.63, 3.8) is 0 Å². The van der Waals surface area contributed by atoms with Crippen LogP contribution in [0, 0.1) is 5.92 Å². The second-order valence-corrected chi connectivity index (χ2v) is 16.9. The summed E-state index contributed by atoms with van der Waals surface area (Å²) in [7, 11) is 0. The van der Waals surface area contributed by atoms with Crippen LogP contribution in [0.1, 0.15) is 265 Å². The van der Waals surface area contributed by atoms with Gasteiger partial charge in [-0.1, -0.05) is 227 Å². The summed E-state index contributed by atoms with van der Waals surface area (Å²) in [5.41, 5.74) is 0. The number of rotatable bonds is 43. The van der Waals surface area contributed by atoms with Crippen LogP contribution >= 0.6 is 0 Å². The maximum Gasteiger partial charge on any atom is 0.306 e. The summed E-state index contributed by atoms with van der Waals surface area (Å²) in [4.78, 5) is 37.5. The molecule has 0 unspecified atom stereocenters. The Hall–Kier alpha value is -1.59. The molecule has 0 saturated heterocycles. The minimum atomic E-state index is -0.757. The standard InChI is InChI=1S/C48H92O6/c1-5-7-9-11-12-13-14-18-23-26-29-33-37-41-48(51)54-45(42-52-46(49)39-35-30-10-8-6-2)43-53-47(50)40-36-32-28-25-22-20-17-15-16-19-21-24-27-31-34-38-44(3)4/h44-45H,5-43H2,1-4H3/t45-/m1/s1. The van der Waals surface area contributed by atoms with Gasteiger partial charge in [0.1, 0.15) is 13.2 Å². The molecule has 0 rings (SSSR count). The van der Waals surface area contributed by atoms with Gasteiger partial charge < -0.3 is 14.2 Å². The highest BCUT2D eigenvalue weighted by atomic mass is 16.6. The number of unbranched alkanes of at least 4 members (excludes halogenated alkanes) is 30. The summed E-state index contributed by atoms with van der Waals surface area (Å²) in [6.07, 6.45) is 42.6. The van der Waals surface area contributed by atoms with Gasteiger partial charge in [-0.15, -0.1) is 0 Å². The Kier molecular flexibility index (Phi) is 41.3. The van der Waals surface area contributed by atoms with Crippen LogP contribution in [0.5, 0.6) is 0 Å². The van der Waals surface area contributed by atoms with Gasteiger partial charge in [0.2, 0.25) is 0 Å². The Bertz CT molecular complexity index is 811. The molecule has 54 heavy (non-hydrogen) atoms. The van der Waals surface area contributed by atoms with Crippen LogP contribution in [0.2, 0.25) is 0 Å². The zero-order valence-electron chi connectivity index (χ0n) is 36.7. The van der Waals surface area contributed by atoms with Gasteiger partial charge in [0.25, 0.3) is 0 Å². The van der Waals surface area contributed by atoms with Crippen LogP contribution < -0.4 is 0 Å². The Labute approximate surface area is 336 Å². The lowest BCUT2D eigenvalue weighted by Gasteiger charge is -2.18. The summed E-state index contributed by atoms with van der Waals surface area (Å²) in [6.45, 7) is 8.94. The largest absolute Gasteiger partial charge is 0.462 e. The van der Waals surface area contributed by atoms with E-state index in [0.29, 0.717) is 19.3 Å². The van der Waals surface area contributed by atoms with E-state index >= 15 is 0 Å². The predicted octanol–water partition coefficient (Wildman–Crippen LogP) is 15.1. The van der Waals surface area contributed by atoms with Crippen molar-refractivity contribution in [3.8, 4) is 0 Å². The first-order valence-electron chi connectivity index (χ1n) is 23.9. The van der Waals surface area contributed by atoms with Crippen LogP contribution in [0.4, 0.5) is 0 Å². The fourth-order valence-electron chi connectivity index (χ4n) is 7.16. The first-order chi connectivity index (χ1) is 26.4. The van der Waals surface area contributed by atoms with E-state index in [2.05, 4.69) is 27.7 Å². The number of hydrogen-bond donors (Lipinski definition) is 0. The second kappa shape index (κ2) is 42.6. The maximum atomic E-state index is 12.7. The zero-order chi connectivity index (χ0) is 39.6. The predicted molar refractivity (Wildman–Crippen MR) is 229 cm³/mol. The van der Waals surface area contributed by atoms with E-state index < -0.39 is 6.10 Å². The molecule has 0 amide bonds. The van der Waals surface area contributed by atoms with Crippen molar-refractivity contribution in [1.29, 1.82) is 0 Å². The van der Waals surface area contributed by atoms with E-state index in [4.69, 9.17) is 14.2 Å². The van der Waals surface area contributed by atoms with Crippen molar-refractivity contribution in [2.45, 2.75) is 271 Å². The van der Waals surface area contributed by atoms with E-state index in [9.17, 15) is 14.4 Å². The minimum absolute atomic E-state index is 0.0642. The third-order valence-electron chi connectivity index (χ3n) is 10.8. The average molecular weight is 765 g/mol. The molecule has 320 valence electrons. The van der Waals surface area contributed by atoms with Gasteiger partial charge in [0.15, 0.2) is 6.10 Å². The van der Waals surface area contributed by atoms with E-state index in [1.54, 1.807) is 0 Å². The highest BCUT2D eigenvalue weighted by Gasteiger charge is 2.19. The molecule has 0 aliphatic heterocycles. The van der Waals surface area contributed by atoms with Crippen LogP contribution in [-0.4, -0.2) is 37.2 Å². The van der Waals surface area contributed by atoms with Gasteiger partial charge in [0, 0.05) is 19.3 Å². The van der Waals surface area contributed by atoms with E-state index in [-0.39, 0.29) is 31.1 Å². The number of carbonyl (C=O) groups is 3. The van der Waals surface area contributed by atoms with Gasteiger partial charge in [-0.3, -0.25) is 14.4 Å². The molecule has 0 N–H and O–H groups in total. The monoisotopic (exact) mass is 765 g/mol. The molecule has 0 bridgehead atoms. The molecule has 6 heteroatoms. The van der Waals surface area contributed by atoms with Crippen LogP contribution in [-0.2, 0) is 28.6 Å². The van der Waals surface area contributed by atoms with Crippen molar-refractivity contribution in [3.05, 3.63) is 0 Å². The van der Waals surface area contributed by atoms with Crippen molar-refractivity contribution in [2.24, 2.45) is 5.92 Å². The highest BCUT2D eigenvalue weighted by molar-refractivity contribution is 5.71. The van der Waals surface area contributed by atoms with Gasteiger partial charge in [-0.05, 0) is 25.2 Å². The number of hydrogen-bond acceptors (Lipinski definition) is 6. The van der Waals surface area contributed by atoms with Crippen molar-refractivity contribution in [2.75, 3.05) is 13.2 Å². The van der Waals surface area contributed by atoms with Crippen LogP contribution in [0.3, 0.4) is 0 Å². The maximum absolute atomic E-state index is 12.7. The summed E-state index contributed by atoms with van der Waals surface area (Å²) in [6, 6.07) is 0. The molecule has 0 aromatic heterocycles. The third kappa shape index (κ3) is 41.6. The molecule has 6 nitrogen and oxygen atoms in total. The summed E-state index contributed by atoms with van der Waals surface area (Å²) in [5, 5.41) is 0. The van der Waals surface area contributed by atoms with E-state index in [1.165, 1.54) is 154 Å². The molecule has 0 saturated carbocycles. The Balaban J connectivity index is 4.12. The highest BCUT2D eigenvalue weighted by Crippen LogP contribution is 2.17. The smallest absolute Gasteiger partial charge is 0.306 e. The Morgan fingerprint density at radius 1 is 0.352 bits per heavy atom. The van der Waals surface area contributed by atoms with Crippen molar-refractivity contribution >= 4 is 17.9 Å². The molecule has 0 aliphatic carbocycles. The number of ether oxygens (including phenoxy) is 3. The van der Waals surface area contributed by atoms with Gasteiger partial charge in [0.05, 0.1) is 0 Å².